The molecule has 0 atom stereocenters. The number of amides is 1. The Bertz CT molecular complexity index is 517. The third-order valence-electron chi connectivity index (χ3n) is 3.74. The van der Waals surface area contributed by atoms with Crippen LogP contribution in [0.5, 0.6) is 0 Å². The molecule has 1 aliphatic carbocycles. The summed E-state index contributed by atoms with van der Waals surface area (Å²) in [6.45, 7) is 0.568. The van der Waals surface area contributed by atoms with E-state index in [4.69, 9.17) is 0 Å². The first-order chi connectivity index (χ1) is 9.58. The summed E-state index contributed by atoms with van der Waals surface area (Å²) in [4.78, 5) is 11.7. The van der Waals surface area contributed by atoms with E-state index in [2.05, 4.69) is 10.7 Å². The summed E-state index contributed by atoms with van der Waals surface area (Å²) in [5.41, 5.74) is 1.20. The second-order valence-corrected chi connectivity index (χ2v) is 8.44. The van der Waals surface area contributed by atoms with Gasteiger partial charge in [-0.2, -0.15) is 11.3 Å². The van der Waals surface area contributed by atoms with Crippen molar-refractivity contribution < 1.29 is 13.2 Å². The minimum atomic E-state index is -3.08. The van der Waals surface area contributed by atoms with Crippen molar-refractivity contribution in [1.82, 2.24) is 5.32 Å². The first kappa shape index (κ1) is 15.5. The van der Waals surface area contributed by atoms with Crippen molar-refractivity contribution in [1.29, 1.82) is 0 Å². The third kappa shape index (κ3) is 4.59. The Morgan fingerprint density at radius 3 is 2.75 bits per heavy atom. The number of rotatable bonds is 7. The van der Waals surface area contributed by atoms with Gasteiger partial charge in [0, 0.05) is 13.0 Å². The van der Waals surface area contributed by atoms with Crippen LogP contribution in [0, 0.1) is 0 Å². The van der Waals surface area contributed by atoms with Crippen molar-refractivity contribution in [2.45, 2.75) is 43.8 Å². The van der Waals surface area contributed by atoms with Crippen molar-refractivity contribution >= 4 is 27.1 Å². The molecule has 4 nitrogen and oxygen atoms in total. The van der Waals surface area contributed by atoms with E-state index in [9.17, 15) is 13.2 Å². The molecule has 0 bridgehead atoms. The van der Waals surface area contributed by atoms with Crippen LogP contribution >= 0.6 is 11.3 Å². The SMILES string of the molecule is O=C(CCS(=O)(=O)C1CCCC1)NCCc1ccsc1. The van der Waals surface area contributed by atoms with Crippen LogP contribution in [0.2, 0.25) is 0 Å². The highest BCUT2D eigenvalue weighted by Crippen LogP contribution is 2.25. The summed E-state index contributed by atoms with van der Waals surface area (Å²) in [6.07, 6.45) is 4.41. The highest BCUT2D eigenvalue weighted by Gasteiger charge is 2.28. The molecule has 1 aromatic heterocycles. The Morgan fingerprint density at radius 2 is 2.10 bits per heavy atom. The molecule has 0 aromatic carbocycles. The minimum Gasteiger partial charge on any atom is -0.356 e. The molecular formula is C14H21NO3S2. The molecular weight excluding hydrogens is 294 g/mol. The fourth-order valence-corrected chi connectivity index (χ4v) is 5.08. The zero-order valence-electron chi connectivity index (χ0n) is 11.5. The van der Waals surface area contributed by atoms with Gasteiger partial charge in [0.2, 0.25) is 5.91 Å². The maximum atomic E-state index is 12.0. The zero-order valence-corrected chi connectivity index (χ0v) is 13.1. The molecule has 1 aliphatic rings. The Balaban J connectivity index is 1.66. The maximum Gasteiger partial charge on any atom is 0.221 e. The van der Waals surface area contributed by atoms with Crippen LogP contribution in [0.3, 0.4) is 0 Å². The van der Waals surface area contributed by atoms with Crippen LogP contribution in [-0.4, -0.2) is 31.9 Å². The van der Waals surface area contributed by atoms with E-state index in [-0.39, 0.29) is 23.3 Å². The standard InChI is InChI=1S/C14H21NO3S2/c16-14(15-8-5-12-6-9-19-11-12)7-10-20(17,18)13-3-1-2-4-13/h6,9,11,13H,1-5,7-8,10H2,(H,15,16). The topological polar surface area (TPSA) is 63.2 Å². The van der Waals surface area contributed by atoms with Gasteiger partial charge in [0.15, 0.2) is 9.84 Å². The van der Waals surface area contributed by atoms with E-state index >= 15 is 0 Å². The second kappa shape index (κ2) is 7.22. The Kier molecular flexibility index (Phi) is 5.60. The van der Waals surface area contributed by atoms with E-state index < -0.39 is 9.84 Å². The van der Waals surface area contributed by atoms with Crippen LogP contribution in [0.1, 0.15) is 37.7 Å². The summed E-state index contributed by atoms with van der Waals surface area (Å²) >= 11 is 1.63. The Morgan fingerprint density at radius 1 is 1.35 bits per heavy atom. The molecule has 0 unspecified atom stereocenters. The molecule has 1 fully saturated rings. The lowest BCUT2D eigenvalue weighted by atomic mass is 10.2. The van der Waals surface area contributed by atoms with Gasteiger partial charge in [-0.3, -0.25) is 4.79 Å². The van der Waals surface area contributed by atoms with Crippen LogP contribution in [-0.2, 0) is 21.1 Å². The van der Waals surface area contributed by atoms with Gasteiger partial charge in [-0.05, 0) is 41.7 Å². The molecule has 1 heterocycles. The molecule has 2 rings (SSSR count). The van der Waals surface area contributed by atoms with E-state index in [0.29, 0.717) is 6.54 Å². The van der Waals surface area contributed by atoms with E-state index in [1.54, 1.807) is 11.3 Å². The van der Waals surface area contributed by atoms with Crippen LogP contribution in [0.25, 0.3) is 0 Å². The molecule has 1 amide bonds. The van der Waals surface area contributed by atoms with Crippen molar-refractivity contribution in [2.24, 2.45) is 0 Å². The second-order valence-electron chi connectivity index (χ2n) is 5.26. The largest absolute Gasteiger partial charge is 0.356 e. The van der Waals surface area contributed by atoms with Crippen LogP contribution in [0.4, 0.5) is 0 Å². The lowest BCUT2D eigenvalue weighted by molar-refractivity contribution is -0.120. The third-order valence-corrected chi connectivity index (χ3v) is 6.73. The summed E-state index contributed by atoms with van der Waals surface area (Å²) in [5, 5.41) is 6.64. The van der Waals surface area contributed by atoms with Gasteiger partial charge < -0.3 is 5.32 Å². The molecule has 20 heavy (non-hydrogen) atoms. The van der Waals surface area contributed by atoms with Crippen LogP contribution in [0.15, 0.2) is 16.8 Å². The molecule has 6 heteroatoms. The molecule has 112 valence electrons. The average molecular weight is 315 g/mol. The van der Waals surface area contributed by atoms with Gasteiger partial charge in [-0.15, -0.1) is 0 Å². The average Bonchev–Trinajstić information content (AvgIpc) is 3.09. The summed E-state index contributed by atoms with van der Waals surface area (Å²) < 4.78 is 24.0. The number of nitrogens with one attached hydrogen (secondary N) is 1. The van der Waals surface area contributed by atoms with Crippen molar-refractivity contribution in [3.8, 4) is 0 Å². The molecule has 0 spiro atoms. The quantitative estimate of drug-likeness (QED) is 0.838. The van der Waals surface area contributed by atoms with Gasteiger partial charge in [0.25, 0.3) is 0 Å². The monoisotopic (exact) mass is 315 g/mol. The molecule has 1 saturated carbocycles. The smallest absolute Gasteiger partial charge is 0.221 e. The van der Waals surface area contributed by atoms with Gasteiger partial charge in [0.1, 0.15) is 0 Å². The minimum absolute atomic E-state index is 0.0120. The van der Waals surface area contributed by atoms with E-state index in [0.717, 1.165) is 32.1 Å². The predicted molar refractivity (Wildman–Crippen MR) is 81.7 cm³/mol. The van der Waals surface area contributed by atoms with Crippen molar-refractivity contribution in [3.63, 3.8) is 0 Å². The number of carbonyl (C=O) groups is 1. The van der Waals surface area contributed by atoms with Crippen LogP contribution < -0.4 is 5.32 Å². The van der Waals surface area contributed by atoms with Crippen molar-refractivity contribution in [3.05, 3.63) is 22.4 Å². The fraction of sp³-hybridized carbons (Fsp3) is 0.643. The molecule has 1 aromatic rings. The number of hydrogen-bond acceptors (Lipinski definition) is 4. The van der Waals surface area contributed by atoms with Gasteiger partial charge in [-0.25, -0.2) is 8.42 Å². The lowest BCUT2D eigenvalue weighted by Gasteiger charge is -2.10. The van der Waals surface area contributed by atoms with Gasteiger partial charge >= 0.3 is 0 Å². The number of carbonyl (C=O) groups excluding carboxylic acids is 1. The number of hydrogen-bond donors (Lipinski definition) is 1. The zero-order chi connectivity index (χ0) is 14.4. The van der Waals surface area contributed by atoms with Gasteiger partial charge in [0.05, 0.1) is 11.0 Å². The number of sulfone groups is 1. The molecule has 0 aliphatic heterocycles. The van der Waals surface area contributed by atoms with Crippen molar-refractivity contribution in [2.75, 3.05) is 12.3 Å². The fourth-order valence-electron chi connectivity index (χ4n) is 2.52. The summed E-state index contributed by atoms with van der Waals surface area (Å²) in [5.74, 6) is -0.177. The molecule has 1 N–H and O–H groups in total. The van der Waals surface area contributed by atoms with E-state index in [1.807, 2.05) is 11.4 Å². The van der Waals surface area contributed by atoms with Gasteiger partial charge in [-0.1, -0.05) is 12.8 Å². The summed E-state index contributed by atoms with van der Waals surface area (Å²) in [7, 11) is -3.08. The first-order valence-electron chi connectivity index (χ1n) is 7.07. The normalized spacial score (nSPS) is 16.4. The molecule has 0 radical (unpaired) electrons. The lowest BCUT2D eigenvalue weighted by Crippen LogP contribution is -2.29. The maximum absolute atomic E-state index is 12.0. The number of thiophene rings is 1. The highest BCUT2D eigenvalue weighted by atomic mass is 32.2. The summed E-state index contributed by atoms with van der Waals surface area (Å²) in [6, 6.07) is 2.03. The highest BCUT2D eigenvalue weighted by molar-refractivity contribution is 7.92. The molecule has 0 saturated heterocycles. The Labute approximate surface area is 124 Å². The first-order valence-corrected chi connectivity index (χ1v) is 9.73. The predicted octanol–water partition coefficient (Wildman–Crippen LogP) is 2.15. The Hall–Kier alpha value is -0.880. The van der Waals surface area contributed by atoms with E-state index in [1.165, 1.54) is 5.56 Å².